The van der Waals surface area contributed by atoms with E-state index in [4.69, 9.17) is 4.74 Å². The second-order valence-electron chi connectivity index (χ2n) is 5.39. The number of amides is 2. The Morgan fingerprint density at radius 1 is 1.28 bits per heavy atom. The van der Waals surface area contributed by atoms with E-state index in [0.29, 0.717) is 16.4 Å². The van der Waals surface area contributed by atoms with Gasteiger partial charge in [-0.3, -0.25) is 9.59 Å². The Kier molecular flexibility index (Phi) is 7.34. The van der Waals surface area contributed by atoms with Gasteiger partial charge in [-0.1, -0.05) is 30.7 Å². The number of unbranched alkanes of at least 4 members (excludes halogenated alkanes) is 1. The molecule has 0 bridgehead atoms. The number of benzene rings is 1. The highest BCUT2D eigenvalue weighted by atomic mass is 32.1. The predicted molar refractivity (Wildman–Crippen MR) is 97.1 cm³/mol. The molecular weight excluding hydrogens is 340 g/mol. The van der Waals surface area contributed by atoms with Gasteiger partial charge < -0.3 is 15.4 Å². The van der Waals surface area contributed by atoms with Crippen molar-refractivity contribution in [1.29, 1.82) is 0 Å². The number of aromatic nitrogens is 2. The van der Waals surface area contributed by atoms with Crippen LogP contribution in [0.1, 0.15) is 41.6 Å². The van der Waals surface area contributed by atoms with Crippen LogP contribution in [0.3, 0.4) is 0 Å². The summed E-state index contributed by atoms with van der Waals surface area (Å²) in [5, 5.41) is 14.8. The number of carbonyl (C=O) groups is 2. The number of anilines is 1. The van der Waals surface area contributed by atoms with Gasteiger partial charge in [-0.15, -0.1) is 10.2 Å². The minimum absolute atomic E-state index is 0.166. The molecule has 1 heterocycles. The number of methoxy groups -OCH3 is 1. The number of aryl methyl sites for hydroxylation is 1. The van der Waals surface area contributed by atoms with Gasteiger partial charge in [-0.2, -0.15) is 0 Å². The summed E-state index contributed by atoms with van der Waals surface area (Å²) in [6, 6.07) is 6.85. The number of ether oxygens (including phenoxy) is 1. The fourth-order valence-corrected chi connectivity index (χ4v) is 2.87. The maximum atomic E-state index is 12.0. The molecule has 2 N–H and O–H groups in total. The highest BCUT2D eigenvalue weighted by molar-refractivity contribution is 7.15. The van der Waals surface area contributed by atoms with Crippen molar-refractivity contribution in [2.45, 2.75) is 32.6 Å². The lowest BCUT2D eigenvalue weighted by Gasteiger charge is -2.06. The van der Waals surface area contributed by atoms with Gasteiger partial charge in [0.05, 0.1) is 7.11 Å². The van der Waals surface area contributed by atoms with Gasteiger partial charge in [-0.05, 0) is 24.6 Å². The maximum Gasteiger partial charge on any atom is 0.251 e. The molecule has 1 aromatic carbocycles. The van der Waals surface area contributed by atoms with E-state index in [1.165, 1.54) is 11.3 Å². The molecular formula is C17H22N4O3S. The van der Waals surface area contributed by atoms with E-state index in [0.717, 1.165) is 24.3 Å². The van der Waals surface area contributed by atoms with E-state index in [2.05, 4.69) is 27.8 Å². The Morgan fingerprint density at radius 3 is 2.88 bits per heavy atom. The zero-order valence-electron chi connectivity index (χ0n) is 14.4. The first-order chi connectivity index (χ1) is 12.1. The molecule has 0 aliphatic rings. The summed E-state index contributed by atoms with van der Waals surface area (Å²) >= 11 is 1.39. The second kappa shape index (κ2) is 9.73. The van der Waals surface area contributed by atoms with Crippen LogP contribution >= 0.6 is 11.3 Å². The van der Waals surface area contributed by atoms with Gasteiger partial charge in [0.1, 0.15) is 10.8 Å². The Morgan fingerprint density at radius 2 is 2.12 bits per heavy atom. The molecule has 0 saturated heterocycles. The minimum atomic E-state index is -0.246. The highest BCUT2D eigenvalue weighted by Gasteiger charge is 2.10. The molecule has 25 heavy (non-hydrogen) atoms. The van der Waals surface area contributed by atoms with Crippen molar-refractivity contribution in [2.75, 3.05) is 19.0 Å². The van der Waals surface area contributed by atoms with Gasteiger partial charge >= 0.3 is 0 Å². The molecule has 0 atom stereocenters. The van der Waals surface area contributed by atoms with Crippen molar-refractivity contribution < 1.29 is 14.3 Å². The van der Waals surface area contributed by atoms with Gasteiger partial charge in [0.15, 0.2) is 0 Å². The van der Waals surface area contributed by atoms with Crippen LogP contribution in [-0.4, -0.2) is 35.7 Å². The fraction of sp³-hybridized carbons (Fsp3) is 0.412. The molecule has 7 nitrogen and oxygen atoms in total. The van der Waals surface area contributed by atoms with E-state index in [9.17, 15) is 9.59 Å². The Labute approximate surface area is 150 Å². The van der Waals surface area contributed by atoms with Crippen molar-refractivity contribution in [3.8, 4) is 5.75 Å². The summed E-state index contributed by atoms with van der Waals surface area (Å²) < 4.78 is 5.08. The number of rotatable bonds is 9. The first-order valence-corrected chi connectivity index (χ1v) is 8.98. The topological polar surface area (TPSA) is 93.2 Å². The third-order valence-electron chi connectivity index (χ3n) is 3.43. The molecule has 1 aromatic heterocycles. The first kappa shape index (κ1) is 18.9. The van der Waals surface area contributed by atoms with Crippen LogP contribution in [0.25, 0.3) is 0 Å². The number of nitrogens with one attached hydrogen (secondary N) is 2. The molecule has 0 saturated carbocycles. The fourth-order valence-electron chi connectivity index (χ4n) is 2.07. The van der Waals surface area contributed by atoms with Crippen molar-refractivity contribution >= 4 is 28.3 Å². The molecule has 2 amide bonds. The summed E-state index contributed by atoms with van der Waals surface area (Å²) in [5.74, 6) is 0.161. The molecule has 2 rings (SSSR count). The van der Waals surface area contributed by atoms with Crippen LogP contribution in [0.2, 0.25) is 0 Å². The lowest BCUT2D eigenvalue weighted by molar-refractivity contribution is -0.116. The monoisotopic (exact) mass is 362 g/mol. The van der Waals surface area contributed by atoms with Gasteiger partial charge in [-0.25, -0.2) is 0 Å². The number of hydrogen-bond acceptors (Lipinski definition) is 6. The minimum Gasteiger partial charge on any atom is -0.497 e. The van der Waals surface area contributed by atoms with Crippen molar-refractivity contribution in [1.82, 2.24) is 15.5 Å². The molecule has 134 valence electrons. The van der Waals surface area contributed by atoms with Crippen LogP contribution in [0.4, 0.5) is 5.13 Å². The highest BCUT2D eigenvalue weighted by Crippen LogP contribution is 2.17. The van der Waals surface area contributed by atoms with Gasteiger partial charge in [0.2, 0.25) is 11.0 Å². The van der Waals surface area contributed by atoms with E-state index in [1.54, 1.807) is 31.4 Å². The molecule has 8 heteroatoms. The normalized spacial score (nSPS) is 10.3. The van der Waals surface area contributed by atoms with E-state index in [-0.39, 0.29) is 24.8 Å². The summed E-state index contributed by atoms with van der Waals surface area (Å²) in [4.78, 5) is 23.9. The number of nitrogens with zero attached hydrogens (tertiary/aromatic N) is 2. The van der Waals surface area contributed by atoms with Crippen LogP contribution in [-0.2, 0) is 11.2 Å². The van der Waals surface area contributed by atoms with E-state index >= 15 is 0 Å². The van der Waals surface area contributed by atoms with Crippen molar-refractivity contribution in [3.05, 3.63) is 34.8 Å². The van der Waals surface area contributed by atoms with Crippen LogP contribution in [0, 0.1) is 0 Å². The van der Waals surface area contributed by atoms with Gasteiger partial charge in [0.25, 0.3) is 5.91 Å². The Bertz CT molecular complexity index is 717. The average molecular weight is 362 g/mol. The second-order valence-corrected chi connectivity index (χ2v) is 6.45. The zero-order chi connectivity index (χ0) is 18.1. The summed E-state index contributed by atoms with van der Waals surface area (Å²) in [6.07, 6.45) is 3.19. The molecule has 0 unspecified atom stereocenters. The Balaban J connectivity index is 1.74. The average Bonchev–Trinajstić information content (AvgIpc) is 3.07. The summed E-state index contributed by atoms with van der Waals surface area (Å²) in [7, 11) is 1.54. The molecule has 2 aromatic rings. The molecule has 0 aliphatic carbocycles. The third-order valence-corrected chi connectivity index (χ3v) is 4.33. The lowest BCUT2D eigenvalue weighted by atomic mass is 10.2. The third kappa shape index (κ3) is 6.15. The summed E-state index contributed by atoms with van der Waals surface area (Å²) in [6.45, 7) is 2.35. The van der Waals surface area contributed by atoms with Crippen molar-refractivity contribution in [2.24, 2.45) is 0 Å². The SMILES string of the molecule is CCCCc1nnc(NC(=O)CCNC(=O)c2cccc(OC)c2)s1. The van der Waals surface area contributed by atoms with Crippen LogP contribution < -0.4 is 15.4 Å². The smallest absolute Gasteiger partial charge is 0.251 e. The molecule has 0 aliphatic heterocycles. The largest absolute Gasteiger partial charge is 0.497 e. The first-order valence-electron chi connectivity index (χ1n) is 8.17. The molecule has 0 radical (unpaired) electrons. The number of hydrogen-bond donors (Lipinski definition) is 2. The van der Waals surface area contributed by atoms with E-state index in [1.807, 2.05) is 0 Å². The summed E-state index contributed by atoms with van der Waals surface area (Å²) in [5.41, 5.74) is 0.490. The maximum absolute atomic E-state index is 12.0. The van der Waals surface area contributed by atoms with Crippen molar-refractivity contribution in [3.63, 3.8) is 0 Å². The standard InChI is InChI=1S/C17H22N4O3S/c1-3-4-8-15-20-21-17(25-15)19-14(22)9-10-18-16(23)12-6-5-7-13(11-12)24-2/h5-7,11H,3-4,8-10H2,1-2H3,(H,18,23)(H,19,21,22). The number of carbonyl (C=O) groups excluding carboxylic acids is 2. The zero-order valence-corrected chi connectivity index (χ0v) is 15.2. The van der Waals surface area contributed by atoms with E-state index < -0.39 is 0 Å². The Hall–Kier alpha value is -2.48. The molecule has 0 fully saturated rings. The quantitative estimate of drug-likeness (QED) is 0.715. The van der Waals surface area contributed by atoms with Gasteiger partial charge in [0, 0.05) is 24.9 Å². The lowest BCUT2D eigenvalue weighted by Crippen LogP contribution is -2.27. The van der Waals surface area contributed by atoms with Crippen LogP contribution in [0.15, 0.2) is 24.3 Å². The predicted octanol–water partition coefficient (Wildman–Crippen LogP) is 2.65. The van der Waals surface area contributed by atoms with Crippen LogP contribution in [0.5, 0.6) is 5.75 Å². The molecule has 0 spiro atoms.